The molecule has 0 atom stereocenters. The van der Waals surface area contributed by atoms with Crippen LogP contribution in [0.15, 0.2) is 18.2 Å². The first-order valence-electron chi connectivity index (χ1n) is 6.16. The van der Waals surface area contributed by atoms with Crippen LogP contribution in [-0.4, -0.2) is 44.0 Å². The van der Waals surface area contributed by atoms with Crippen molar-refractivity contribution in [3.05, 3.63) is 35.1 Å². The second-order valence-electron chi connectivity index (χ2n) is 4.47. The first-order chi connectivity index (χ1) is 9.41. The molecule has 3 amide bonds. The summed E-state index contributed by atoms with van der Waals surface area (Å²) in [6, 6.07) is 3.79. The van der Waals surface area contributed by atoms with Crippen LogP contribution in [0.4, 0.5) is 9.18 Å². The molecule has 0 bridgehead atoms. The van der Waals surface area contributed by atoms with Gasteiger partial charge in [-0.25, -0.2) is 9.18 Å². The van der Waals surface area contributed by atoms with E-state index in [2.05, 4.69) is 10.6 Å². The predicted octanol–water partition coefficient (Wildman–Crippen LogP) is 0.285. The summed E-state index contributed by atoms with van der Waals surface area (Å²) in [6.45, 7) is 1.17. The number of nitrogens with one attached hydrogen (secondary N) is 2. The topological polar surface area (TPSA) is 87.5 Å². The van der Waals surface area contributed by atoms with Crippen molar-refractivity contribution in [3.8, 4) is 0 Å². The highest BCUT2D eigenvalue weighted by Gasteiger charge is 2.07. The molecule has 1 aromatic rings. The number of benzene rings is 1. The van der Waals surface area contributed by atoms with E-state index in [-0.39, 0.29) is 18.1 Å². The molecule has 0 spiro atoms. The average Bonchev–Trinajstić information content (AvgIpc) is 2.39. The third kappa shape index (κ3) is 4.85. The van der Waals surface area contributed by atoms with Gasteiger partial charge in [0.05, 0.1) is 0 Å². The van der Waals surface area contributed by atoms with Gasteiger partial charge in [0.15, 0.2) is 0 Å². The minimum Gasteiger partial charge on any atom is -0.366 e. The quantitative estimate of drug-likeness (QED) is 0.655. The van der Waals surface area contributed by atoms with Crippen LogP contribution >= 0.6 is 0 Å². The molecular weight excluding hydrogens is 263 g/mol. The number of urea groups is 1. The third-order valence-corrected chi connectivity index (χ3v) is 2.63. The maximum absolute atomic E-state index is 13.5. The number of rotatable bonds is 6. The number of carbonyl (C=O) groups excluding carboxylic acids is 2. The van der Waals surface area contributed by atoms with Crippen molar-refractivity contribution >= 4 is 11.9 Å². The fraction of sp³-hybridized carbons (Fsp3) is 0.385. The average molecular weight is 282 g/mol. The van der Waals surface area contributed by atoms with Crippen LogP contribution in [0.25, 0.3) is 0 Å². The molecular formula is C13H19FN4O2. The Labute approximate surface area is 117 Å². The number of hydrogen-bond donors (Lipinski definition) is 3. The lowest BCUT2D eigenvalue weighted by atomic mass is 10.1. The van der Waals surface area contributed by atoms with Crippen molar-refractivity contribution in [1.82, 2.24) is 15.5 Å². The van der Waals surface area contributed by atoms with Crippen LogP contribution in [-0.2, 0) is 6.54 Å². The van der Waals surface area contributed by atoms with Crippen LogP contribution in [0.1, 0.15) is 15.9 Å². The number of nitrogens with zero attached hydrogens (tertiary/aromatic N) is 1. The first-order valence-corrected chi connectivity index (χ1v) is 6.16. The zero-order chi connectivity index (χ0) is 15.1. The summed E-state index contributed by atoms with van der Waals surface area (Å²) in [5.74, 6) is -0.996. The van der Waals surface area contributed by atoms with E-state index in [1.807, 2.05) is 0 Å². The third-order valence-electron chi connectivity index (χ3n) is 2.63. The van der Waals surface area contributed by atoms with Gasteiger partial charge in [0.1, 0.15) is 5.82 Å². The molecule has 7 heteroatoms. The van der Waals surface area contributed by atoms with Crippen molar-refractivity contribution in [2.75, 3.05) is 27.2 Å². The second kappa shape index (κ2) is 7.44. The minimum absolute atomic E-state index is 0.186. The Morgan fingerprint density at radius 3 is 2.60 bits per heavy atom. The summed E-state index contributed by atoms with van der Waals surface area (Å²) in [5, 5.41) is 5.65. The molecule has 0 unspecified atom stereocenters. The Hall–Kier alpha value is -2.15. The fourth-order valence-corrected chi connectivity index (χ4v) is 1.50. The van der Waals surface area contributed by atoms with E-state index >= 15 is 0 Å². The standard InChI is InChI=1S/C13H19FN4O2/c1-18(2)13(20)17-6-5-16-8-10-7-9(12(15)19)3-4-11(10)14/h3-4,7,16H,5-6,8H2,1-2H3,(H2,15,19)(H,17,20). The molecule has 1 rings (SSSR count). The normalized spacial score (nSPS) is 10.2. The van der Waals surface area contributed by atoms with Gasteiger partial charge in [0, 0.05) is 44.9 Å². The molecule has 0 saturated heterocycles. The SMILES string of the molecule is CN(C)C(=O)NCCNCc1cc(C(N)=O)ccc1F. The van der Waals surface area contributed by atoms with Crippen molar-refractivity contribution in [2.45, 2.75) is 6.54 Å². The highest BCUT2D eigenvalue weighted by atomic mass is 19.1. The number of hydrogen-bond acceptors (Lipinski definition) is 3. The summed E-state index contributed by atoms with van der Waals surface area (Å²) in [6.07, 6.45) is 0. The summed E-state index contributed by atoms with van der Waals surface area (Å²) >= 11 is 0. The molecule has 0 aliphatic rings. The molecule has 0 aliphatic heterocycles. The van der Waals surface area contributed by atoms with Gasteiger partial charge in [-0.3, -0.25) is 4.79 Å². The van der Waals surface area contributed by atoms with Gasteiger partial charge in [0.2, 0.25) is 5.91 Å². The van der Waals surface area contributed by atoms with Crippen LogP contribution in [0.3, 0.4) is 0 Å². The predicted molar refractivity (Wildman–Crippen MR) is 73.7 cm³/mol. The number of halogens is 1. The van der Waals surface area contributed by atoms with Crippen molar-refractivity contribution in [2.24, 2.45) is 5.73 Å². The van der Waals surface area contributed by atoms with E-state index in [9.17, 15) is 14.0 Å². The number of nitrogens with two attached hydrogens (primary N) is 1. The zero-order valence-electron chi connectivity index (χ0n) is 11.6. The molecule has 6 nitrogen and oxygen atoms in total. The molecule has 20 heavy (non-hydrogen) atoms. The maximum atomic E-state index is 13.5. The Kier molecular flexibility index (Phi) is 5.92. The first kappa shape index (κ1) is 15.9. The maximum Gasteiger partial charge on any atom is 0.316 e. The highest BCUT2D eigenvalue weighted by molar-refractivity contribution is 5.92. The number of amides is 3. The molecule has 0 heterocycles. The van der Waals surface area contributed by atoms with Gasteiger partial charge in [-0.2, -0.15) is 0 Å². The Morgan fingerprint density at radius 1 is 1.30 bits per heavy atom. The van der Waals surface area contributed by atoms with Crippen LogP contribution in [0.2, 0.25) is 0 Å². The van der Waals surface area contributed by atoms with Gasteiger partial charge < -0.3 is 21.3 Å². The monoisotopic (exact) mass is 282 g/mol. The van der Waals surface area contributed by atoms with Gasteiger partial charge >= 0.3 is 6.03 Å². The summed E-state index contributed by atoms with van der Waals surface area (Å²) in [7, 11) is 3.29. The van der Waals surface area contributed by atoms with Crippen LogP contribution in [0.5, 0.6) is 0 Å². The lowest BCUT2D eigenvalue weighted by Gasteiger charge is -2.12. The van der Waals surface area contributed by atoms with Crippen molar-refractivity contribution < 1.29 is 14.0 Å². The zero-order valence-corrected chi connectivity index (χ0v) is 11.6. The molecule has 110 valence electrons. The molecule has 0 radical (unpaired) electrons. The Morgan fingerprint density at radius 2 is 2.00 bits per heavy atom. The van der Waals surface area contributed by atoms with Gasteiger partial charge in [-0.1, -0.05) is 0 Å². The molecule has 0 aliphatic carbocycles. The molecule has 0 aromatic heterocycles. The van der Waals surface area contributed by atoms with Crippen molar-refractivity contribution in [3.63, 3.8) is 0 Å². The highest BCUT2D eigenvalue weighted by Crippen LogP contribution is 2.10. The van der Waals surface area contributed by atoms with E-state index in [1.165, 1.54) is 23.1 Å². The molecule has 0 fully saturated rings. The summed E-state index contributed by atoms with van der Waals surface area (Å²) in [5.41, 5.74) is 5.77. The van der Waals surface area contributed by atoms with Gasteiger partial charge in [-0.15, -0.1) is 0 Å². The largest absolute Gasteiger partial charge is 0.366 e. The lowest BCUT2D eigenvalue weighted by Crippen LogP contribution is -2.38. The van der Waals surface area contributed by atoms with E-state index < -0.39 is 11.7 Å². The van der Waals surface area contributed by atoms with Gasteiger partial charge in [-0.05, 0) is 18.2 Å². The smallest absolute Gasteiger partial charge is 0.316 e. The van der Waals surface area contributed by atoms with Gasteiger partial charge in [0.25, 0.3) is 0 Å². The van der Waals surface area contributed by atoms with E-state index in [0.29, 0.717) is 18.7 Å². The molecule has 1 aromatic carbocycles. The Bertz CT molecular complexity index is 491. The lowest BCUT2D eigenvalue weighted by molar-refractivity contribution is 0.1000. The van der Waals surface area contributed by atoms with Crippen molar-refractivity contribution in [1.29, 1.82) is 0 Å². The van der Waals surface area contributed by atoms with Crippen LogP contribution < -0.4 is 16.4 Å². The molecule has 0 saturated carbocycles. The summed E-state index contributed by atoms with van der Waals surface area (Å²) in [4.78, 5) is 23.7. The number of primary amides is 1. The minimum atomic E-state index is -0.593. The van der Waals surface area contributed by atoms with E-state index in [4.69, 9.17) is 5.73 Å². The fourth-order valence-electron chi connectivity index (χ4n) is 1.50. The summed E-state index contributed by atoms with van der Waals surface area (Å²) < 4.78 is 13.5. The number of carbonyl (C=O) groups is 2. The van der Waals surface area contributed by atoms with Crippen LogP contribution in [0, 0.1) is 5.82 Å². The molecule has 4 N–H and O–H groups in total. The Balaban J connectivity index is 2.40. The van der Waals surface area contributed by atoms with E-state index in [0.717, 1.165) is 0 Å². The second-order valence-corrected chi connectivity index (χ2v) is 4.47. The van der Waals surface area contributed by atoms with E-state index in [1.54, 1.807) is 14.1 Å².